The summed E-state index contributed by atoms with van der Waals surface area (Å²) in [4.78, 5) is 36.6. The van der Waals surface area contributed by atoms with Crippen LogP contribution in [0.25, 0.3) is 0 Å². The summed E-state index contributed by atoms with van der Waals surface area (Å²) in [6.07, 6.45) is 1.53. The molecule has 4 amide bonds. The number of phenolic OH excluding ortho intramolecular Hbond substituents is 1. The van der Waals surface area contributed by atoms with Crippen LogP contribution >= 0.6 is 0 Å². The monoisotopic (exact) mass is 559 g/mol. The molecule has 0 fully saturated rings. The van der Waals surface area contributed by atoms with Gasteiger partial charge < -0.3 is 21.1 Å². The number of aryl methyl sites for hydroxylation is 2. The SMILES string of the molecule is Cc1cc(CCC(=O)CNC(=O)Nc2ccc(Cc3ccc(NC(=O)NN(C)C)cc3)cc2)cc(C(C)(C)C)c1O. The van der Waals surface area contributed by atoms with Gasteiger partial charge in [-0.3, -0.25) is 10.2 Å². The average molecular weight is 560 g/mol. The topological polar surface area (TPSA) is 123 Å². The van der Waals surface area contributed by atoms with E-state index in [1.54, 1.807) is 19.1 Å². The van der Waals surface area contributed by atoms with Gasteiger partial charge in [0.15, 0.2) is 5.78 Å². The van der Waals surface area contributed by atoms with Crippen molar-refractivity contribution in [3.8, 4) is 5.75 Å². The van der Waals surface area contributed by atoms with Crippen molar-refractivity contribution in [3.63, 3.8) is 0 Å². The number of benzene rings is 3. The molecule has 3 aromatic carbocycles. The molecular weight excluding hydrogens is 518 g/mol. The van der Waals surface area contributed by atoms with E-state index in [2.05, 4.69) is 21.4 Å². The minimum Gasteiger partial charge on any atom is -0.507 e. The summed E-state index contributed by atoms with van der Waals surface area (Å²) in [5.41, 5.74) is 8.53. The first kappa shape index (κ1) is 31.2. The summed E-state index contributed by atoms with van der Waals surface area (Å²) in [5, 5.41) is 20.1. The van der Waals surface area contributed by atoms with Crippen LogP contribution in [0.15, 0.2) is 60.7 Å². The average Bonchev–Trinajstić information content (AvgIpc) is 2.89. The fraction of sp³-hybridized carbons (Fsp3) is 0.344. The van der Waals surface area contributed by atoms with E-state index in [4.69, 9.17) is 0 Å². The smallest absolute Gasteiger partial charge is 0.333 e. The van der Waals surface area contributed by atoms with Gasteiger partial charge in [-0.2, -0.15) is 0 Å². The maximum Gasteiger partial charge on any atom is 0.333 e. The molecule has 0 heterocycles. The summed E-state index contributed by atoms with van der Waals surface area (Å²) < 4.78 is 0. The van der Waals surface area contributed by atoms with Crippen molar-refractivity contribution in [2.24, 2.45) is 0 Å². The molecule has 0 saturated carbocycles. The number of aromatic hydroxyl groups is 1. The van der Waals surface area contributed by atoms with Gasteiger partial charge in [-0.25, -0.2) is 14.6 Å². The Balaban J connectivity index is 1.43. The van der Waals surface area contributed by atoms with Gasteiger partial charge in [-0.05, 0) is 77.3 Å². The van der Waals surface area contributed by atoms with Crippen LogP contribution in [0.3, 0.4) is 0 Å². The van der Waals surface area contributed by atoms with Crippen LogP contribution in [0, 0.1) is 6.92 Å². The van der Waals surface area contributed by atoms with Crippen LogP contribution in [0.5, 0.6) is 5.75 Å². The van der Waals surface area contributed by atoms with Crippen LogP contribution in [0.2, 0.25) is 0 Å². The van der Waals surface area contributed by atoms with E-state index in [1.165, 1.54) is 0 Å². The number of rotatable bonds is 10. The Labute approximate surface area is 242 Å². The third-order valence-corrected chi connectivity index (χ3v) is 6.46. The largest absolute Gasteiger partial charge is 0.507 e. The van der Waals surface area contributed by atoms with E-state index in [0.29, 0.717) is 36.4 Å². The predicted molar refractivity (Wildman–Crippen MR) is 163 cm³/mol. The number of hydrogen-bond donors (Lipinski definition) is 5. The van der Waals surface area contributed by atoms with E-state index in [1.807, 2.05) is 88.4 Å². The van der Waals surface area contributed by atoms with Crippen LogP contribution in [-0.4, -0.2) is 48.6 Å². The van der Waals surface area contributed by atoms with Gasteiger partial charge in [0.05, 0.1) is 6.54 Å². The second-order valence-electron chi connectivity index (χ2n) is 11.4. The molecule has 5 N–H and O–H groups in total. The molecule has 0 atom stereocenters. The highest BCUT2D eigenvalue weighted by molar-refractivity contribution is 5.92. The lowest BCUT2D eigenvalue weighted by Crippen LogP contribution is -2.39. The normalized spacial score (nSPS) is 11.2. The van der Waals surface area contributed by atoms with Crippen molar-refractivity contribution in [2.45, 2.75) is 52.4 Å². The van der Waals surface area contributed by atoms with Gasteiger partial charge in [0.1, 0.15) is 5.75 Å². The number of phenols is 1. The molecule has 0 aromatic heterocycles. The van der Waals surface area contributed by atoms with Crippen LogP contribution in [-0.2, 0) is 23.1 Å². The molecule has 3 rings (SSSR count). The number of nitrogens with one attached hydrogen (secondary N) is 4. The summed E-state index contributed by atoms with van der Waals surface area (Å²) >= 11 is 0. The Morgan fingerprint density at radius 1 is 0.805 bits per heavy atom. The van der Waals surface area contributed by atoms with E-state index >= 15 is 0 Å². The van der Waals surface area contributed by atoms with Crippen LogP contribution in [0.1, 0.15) is 55.0 Å². The lowest BCUT2D eigenvalue weighted by Gasteiger charge is -2.22. The Bertz CT molecular complexity index is 1360. The number of urea groups is 2. The first-order valence-electron chi connectivity index (χ1n) is 13.6. The molecule has 0 spiro atoms. The second-order valence-corrected chi connectivity index (χ2v) is 11.4. The summed E-state index contributed by atoms with van der Waals surface area (Å²) in [7, 11) is 3.48. The van der Waals surface area contributed by atoms with Crippen molar-refractivity contribution < 1.29 is 19.5 Å². The van der Waals surface area contributed by atoms with Crippen molar-refractivity contribution in [3.05, 3.63) is 88.5 Å². The fourth-order valence-corrected chi connectivity index (χ4v) is 4.31. The van der Waals surface area contributed by atoms with E-state index in [-0.39, 0.29) is 23.8 Å². The van der Waals surface area contributed by atoms with Crippen molar-refractivity contribution >= 4 is 29.2 Å². The molecule has 218 valence electrons. The molecule has 0 unspecified atom stereocenters. The number of carbonyl (C=O) groups excluding carboxylic acids is 3. The second kappa shape index (κ2) is 13.8. The quantitative estimate of drug-likeness (QED) is 0.210. The zero-order valence-electron chi connectivity index (χ0n) is 24.7. The fourth-order valence-electron chi connectivity index (χ4n) is 4.31. The van der Waals surface area contributed by atoms with Crippen LogP contribution < -0.4 is 21.4 Å². The molecule has 0 saturated heterocycles. The van der Waals surface area contributed by atoms with Crippen LogP contribution in [0.4, 0.5) is 21.0 Å². The zero-order chi connectivity index (χ0) is 30.2. The maximum absolute atomic E-state index is 12.4. The lowest BCUT2D eigenvalue weighted by atomic mass is 9.83. The number of carbonyl (C=O) groups is 3. The van der Waals surface area contributed by atoms with E-state index in [0.717, 1.165) is 27.8 Å². The van der Waals surface area contributed by atoms with E-state index in [9.17, 15) is 19.5 Å². The van der Waals surface area contributed by atoms with Gasteiger partial charge in [0.25, 0.3) is 0 Å². The minimum atomic E-state index is -0.442. The Hall–Kier alpha value is -4.37. The Morgan fingerprint density at radius 2 is 1.34 bits per heavy atom. The number of hydrogen-bond acceptors (Lipinski definition) is 5. The van der Waals surface area contributed by atoms with Gasteiger partial charge in [0, 0.05) is 31.9 Å². The summed E-state index contributed by atoms with van der Waals surface area (Å²) in [6, 6.07) is 18.2. The van der Waals surface area contributed by atoms with Gasteiger partial charge in [-0.15, -0.1) is 0 Å². The number of nitrogens with zero attached hydrogens (tertiary/aromatic N) is 1. The van der Waals surface area contributed by atoms with Gasteiger partial charge >= 0.3 is 12.1 Å². The standard InChI is InChI=1S/C32H41N5O4/c1-21-17-24(19-28(29(21)39)32(2,3)4)11-16-27(38)20-33-30(40)34-25-12-7-22(8-13-25)18-23-9-14-26(15-10-23)35-31(41)36-37(5)6/h7-10,12-15,17,19,39H,11,16,18,20H2,1-6H3,(H2,33,34,40)(H2,35,36,41). The third-order valence-electron chi connectivity index (χ3n) is 6.46. The molecule has 0 aliphatic carbocycles. The zero-order valence-corrected chi connectivity index (χ0v) is 24.7. The summed E-state index contributed by atoms with van der Waals surface area (Å²) in [5.74, 6) is 0.228. The lowest BCUT2D eigenvalue weighted by molar-refractivity contribution is -0.118. The number of hydrazine groups is 1. The first-order valence-corrected chi connectivity index (χ1v) is 13.6. The van der Waals surface area contributed by atoms with Crippen molar-refractivity contribution in [1.29, 1.82) is 0 Å². The minimum absolute atomic E-state index is 0.0607. The van der Waals surface area contributed by atoms with Gasteiger partial charge in [0.2, 0.25) is 0 Å². The van der Waals surface area contributed by atoms with Crippen molar-refractivity contribution in [2.75, 3.05) is 31.3 Å². The highest BCUT2D eigenvalue weighted by atomic mass is 16.3. The van der Waals surface area contributed by atoms with Gasteiger partial charge in [-0.1, -0.05) is 57.2 Å². The maximum atomic E-state index is 12.4. The number of ketones is 1. The van der Waals surface area contributed by atoms with E-state index < -0.39 is 6.03 Å². The third kappa shape index (κ3) is 9.95. The molecule has 9 nitrogen and oxygen atoms in total. The molecule has 0 aliphatic rings. The molecule has 9 heteroatoms. The molecule has 3 aromatic rings. The molecule has 41 heavy (non-hydrogen) atoms. The predicted octanol–water partition coefficient (Wildman–Crippen LogP) is 5.51. The Kier molecular flexibility index (Phi) is 10.5. The number of anilines is 2. The Morgan fingerprint density at radius 3 is 1.85 bits per heavy atom. The first-order chi connectivity index (χ1) is 19.3. The number of amides is 4. The van der Waals surface area contributed by atoms with Crippen molar-refractivity contribution in [1.82, 2.24) is 15.8 Å². The highest BCUT2D eigenvalue weighted by Crippen LogP contribution is 2.34. The molecular formula is C32H41N5O4. The molecule has 0 bridgehead atoms. The summed E-state index contributed by atoms with van der Waals surface area (Å²) in [6.45, 7) is 7.93. The molecule has 0 aliphatic heterocycles. The highest BCUT2D eigenvalue weighted by Gasteiger charge is 2.20. The molecule has 0 radical (unpaired) electrons. The number of Topliss-reactive ketones (excluding diaryl/α,β-unsaturated/α-hetero) is 1.